The first-order valence-electron chi connectivity index (χ1n) is 17.7. The topological polar surface area (TPSA) is 21.3 Å². The van der Waals surface area contributed by atoms with E-state index in [0.717, 1.165) is 46.1 Å². The van der Waals surface area contributed by atoms with Crippen LogP contribution in [-0.4, -0.2) is 4.57 Å². The summed E-state index contributed by atoms with van der Waals surface area (Å²) < 4.78 is 9.06. The smallest absolute Gasteiger partial charge is 0.154 e. The average molecular weight is 653 g/mol. The predicted molar refractivity (Wildman–Crippen MR) is 215 cm³/mol. The van der Waals surface area contributed by atoms with Gasteiger partial charge in [0.1, 0.15) is 5.76 Å². The fourth-order valence-corrected chi connectivity index (χ4v) is 8.47. The molecule has 1 aliphatic rings. The first-order valence-corrected chi connectivity index (χ1v) is 17.7. The van der Waals surface area contributed by atoms with Crippen molar-refractivity contribution in [3.8, 4) is 11.1 Å². The molecule has 3 heteroatoms. The minimum Gasteiger partial charge on any atom is -0.454 e. The molecule has 3 nitrogen and oxygen atoms in total. The minimum absolute atomic E-state index is 0.184. The molecule has 7 aromatic rings. The van der Waals surface area contributed by atoms with E-state index < -0.39 is 0 Å². The van der Waals surface area contributed by atoms with E-state index in [2.05, 4.69) is 167 Å². The summed E-state index contributed by atoms with van der Waals surface area (Å²) in [7, 11) is 2.17. The van der Waals surface area contributed by atoms with Crippen LogP contribution in [-0.2, 0) is 12.5 Å². The third-order valence-corrected chi connectivity index (χ3v) is 10.9. The first-order chi connectivity index (χ1) is 24.2. The molecule has 0 amide bonds. The van der Waals surface area contributed by atoms with Gasteiger partial charge in [0.05, 0.1) is 16.9 Å². The average Bonchev–Trinajstić information content (AvgIpc) is 3.69. The van der Waals surface area contributed by atoms with E-state index in [4.69, 9.17) is 4.42 Å². The molecule has 8 rings (SSSR count). The molecule has 0 aliphatic heterocycles. The normalized spacial score (nSPS) is 13.9. The summed E-state index contributed by atoms with van der Waals surface area (Å²) in [6.07, 6.45) is 9.17. The van der Waals surface area contributed by atoms with Gasteiger partial charge in [0.15, 0.2) is 5.76 Å². The fourth-order valence-electron chi connectivity index (χ4n) is 8.47. The van der Waals surface area contributed by atoms with Gasteiger partial charge in [-0.2, -0.15) is 0 Å². The van der Waals surface area contributed by atoms with E-state index in [1.807, 2.05) is 13.0 Å². The molecule has 0 saturated carbocycles. The zero-order valence-corrected chi connectivity index (χ0v) is 30.2. The molecule has 0 atom stereocenters. The van der Waals surface area contributed by atoms with Crippen LogP contribution in [0.5, 0.6) is 0 Å². The fraction of sp³-hybridized carbons (Fsp3) is 0.191. The Kier molecular flexibility index (Phi) is 7.49. The highest BCUT2D eigenvalue weighted by molar-refractivity contribution is 6.16. The molecular formula is C47H44N2O. The molecule has 1 aliphatic carbocycles. The Bertz CT molecular complexity index is 2570. The third kappa shape index (κ3) is 4.49. The van der Waals surface area contributed by atoms with Crippen LogP contribution in [0.2, 0.25) is 0 Å². The number of furan rings is 1. The number of para-hydroxylation sites is 1. The summed E-state index contributed by atoms with van der Waals surface area (Å²) in [6, 6.07) is 33.8. The molecule has 5 aromatic carbocycles. The minimum atomic E-state index is -0.184. The van der Waals surface area contributed by atoms with E-state index in [1.165, 1.54) is 60.4 Å². The van der Waals surface area contributed by atoms with Crippen LogP contribution in [0.15, 0.2) is 114 Å². The zero-order chi connectivity index (χ0) is 34.9. The number of aryl methyl sites for hydroxylation is 2. The Morgan fingerprint density at radius 1 is 0.860 bits per heavy atom. The number of aromatic nitrogens is 1. The van der Waals surface area contributed by atoms with Gasteiger partial charge in [-0.15, -0.1) is 0 Å². The number of allylic oxidation sites excluding steroid dienone is 2. The predicted octanol–water partition coefficient (Wildman–Crippen LogP) is 13.3. The maximum Gasteiger partial charge on any atom is 0.154 e. The maximum atomic E-state index is 6.75. The lowest BCUT2D eigenvalue weighted by Crippen LogP contribution is -2.19. The highest BCUT2D eigenvalue weighted by atomic mass is 16.3. The number of anilines is 2. The summed E-state index contributed by atoms with van der Waals surface area (Å²) in [4.78, 5) is 2.44. The van der Waals surface area contributed by atoms with E-state index >= 15 is 0 Å². The summed E-state index contributed by atoms with van der Waals surface area (Å²) in [5.74, 6) is 1.64. The Balaban J connectivity index is 1.45. The van der Waals surface area contributed by atoms with Crippen molar-refractivity contribution >= 4 is 61.8 Å². The Hall–Kier alpha value is -5.54. The molecule has 0 N–H and O–H groups in total. The van der Waals surface area contributed by atoms with Crippen molar-refractivity contribution in [2.24, 2.45) is 7.05 Å². The number of benzene rings is 5. The molecule has 0 spiro atoms. The van der Waals surface area contributed by atoms with Crippen LogP contribution in [0, 0.1) is 13.8 Å². The zero-order valence-electron chi connectivity index (χ0n) is 30.2. The second-order valence-electron chi connectivity index (χ2n) is 14.1. The van der Waals surface area contributed by atoms with Gasteiger partial charge in [-0.3, -0.25) is 0 Å². The van der Waals surface area contributed by atoms with Gasteiger partial charge in [-0.05, 0) is 102 Å². The molecule has 2 aromatic heterocycles. The standard InChI is InChI=1S/C47H44N2O/c1-9-17-33-30(5)46(50-43(33)11-3)42(18-10-2)49(41-24-16-23-40-45(41)36-21-14-15-22-39(36)48(40)8)31-25-26-35-37(28-31)47(6,7)38-27-29(4)32-19-12-13-20-34(32)44(35)38/h9,11-28H,3,10H2,1-2,4-8H3/b17-9-,42-18+. The molecule has 0 bridgehead atoms. The lowest BCUT2D eigenvalue weighted by molar-refractivity contribution is 0.539. The molecule has 2 heterocycles. The lowest BCUT2D eigenvalue weighted by Gasteiger charge is -2.30. The van der Waals surface area contributed by atoms with E-state index in [9.17, 15) is 0 Å². The van der Waals surface area contributed by atoms with Crippen molar-refractivity contribution in [3.05, 3.63) is 149 Å². The molecule has 0 fully saturated rings. The lowest BCUT2D eigenvalue weighted by atomic mass is 9.81. The van der Waals surface area contributed by atoms with E-state index in [-0.39, 0.29) is 5.41 Å². The summed E-state index contributed by atoms with van der Waals surface area (Å²) in [5, 5.41) is 5.10. The number of hydrogen-bond donors (Lipinski definition) is 0. The highest BCUT2D eigenvalue weighted by Gasteiger charge is 2.38. The summed E-state index contributed by atoms with van der Waals surface area (Å²) >= 11 is 0. The van der Waals surface area contributed by atoms with Gasteiger partial charge in [-0.1, -0.05) is 106 Å². The second kappa shape index (κ2) is 11.8. The van der Waals surface area contributed by atoms with Crippen LogP contribution < -0.4 is 4.90 Å². The molecular weight excluding hydrogens is 609 g/mol. The van der Waals surface area contributed by atoms with Crippen molar-refractivity contribution in [2.45, 2.75) is 53.4 Å². The largest absolute Gasteiger partial charge is 0.454 e. The van der Waals surface area contributed by atoms with Crippen molar-refractivity contribution in [1.82, 2.24) is 4.57 Å². The van der Waals surface area contributed by atoms with Crippen LogP contribution in [0.1, 0.15) is 73.5 Å². The van der Waals surface area contributed by atoms with Crippen molar-refractivity contribution in [2.75, 3.05) is 4.90 Å². The second-order valence-corrected chi connectivity index (χ2v) is 14.1. The highest BCUT2D eigenvalue weighted by Crippen LogP contribution is 2.54. The quantitative estimate of drug-likeness (QED) is 0.171. The monoisotopic (exact) mass is 652 g/mol. The Morgan fingerprint density at radius 2 is 1.58 bits per heavy atom. The van der Waals surface area contributed by atoms with Crippen molar-refractivity contribution < 1.29 is 4.42 Å². The Morgan fingerprint density at radius 3 is 2.32 bits per heavy atom. The SMILES string of the molecule is C=Cc1oc(/C(=C\CC)N(c2ccc3c(c2)C(C)(C)c2cc(C)c4ccccc4c2-3)c2cccc3c2c2ccccc2n3C)c(C)c1/C=C\C. The summed E-state index contributed by atoms with van der Waals surface area (Å²) in [6.45, 7) is 17.5. The van der Waals surface area contributed by atoms with Gasteiger partial charge in [0, 0.05) is 45.6 Å². The van der Waals surface area contributed by atoms with Crippen molar-refractivity contribution in [1.29, 1.82) is 0 Å². The Labute approximate surface area is 295 Å². The van der Waals surface area contributed by atoms with Crippen LogP contribution in [0.4, 0.5) is 11.4 Å². The summed E-state index contributed by atoms with van der Waals surface area (Å²) in [5.41, 5.74) is 14.4. The van der Waals surface area contributed by atoms with Crippen molar-refractivity contribution in [3.63, 3.8) is 0 Å². The van der Waals surface area contributed by atoms with Gasteiger partial charge in [0.2, 0.25) is 0 Å². The van der Waals surface area contributed by atoms with Gasteiger partial charge >= 0.3 is 0 Å². The number of rotatable bonds is 7. The van der Waals surface area contributed by atoms with E-state index in [1.54, 1.807) is 0 Å². The van der Waals surface area contributed by atoms with Gasteiger partial charge in [0.25, 0.3) is 0 Å². The number of hydrogen-bond acceptors (Lipinski definition) is 2. The molecule has 0 radical (unpaired) electrons. The maximum absolute atomic E-state index is 6.75. The molecule has 0 unspecified atom stereocenters. The van der Waals surface area contributed by atoms with Gasteiger partial charge in [-0.25, -0.2) is 0 Å². The van der Waals surface area contributed by atoms with E-state index in [0.29, 0.717) is 0 Å². The van der Waals surface area contributed by atoms with Gasteiger partial charge < -0.3 is 13.9 Å². The molecule has 248 valence electrons. The first kappa shape index (κ1) is 31.7. The number of fused-ring (bicyclic) bond motifs is 8. The molecule has 50 heavy (non-hydrogen) atoms. The van der Waals surface area contributed by atoms with Crippen LogP contribution in [0.3, 0.4) is 0 Å². The van der Waals surface area contributed by atoms with Crippen LogP contribution in [0.25, 0.3) is 61.6 Å². The van der Waals surface area contributed by atoms with Crippen LogP contribution >= 0.6 is 0 Å². The molecule has 0 saturated heterocycles. The third-order valence-electron chi connectivity index (χ3n) is 10.9. The number of nitrogens with zero attached hydrogens (tertiary/aromatic N) is 2.